The SMILES string of the molecule is CO[C@H]1CC[C@H](n2c([C@@H]3CCC(O)N3)nc3cc(-c4c(C)noc4C)ccc32)CC1. The average molecular weight is 411 g/mol. The molecular weight excluding hydrogens is 380 g/mol. The van der Waals surface area contributed by atoms with Gasteiger partial charge in [-0.3, -0.25) is 5.32 Å². The van der Waals surface area contributed by atoms with E-state index >= 15 is 0 Å². The Balaban J connectivity index is 1.59. The fourth-order valence-corrected chi connectivity index (χ4v) is 5.26. The third-order valence-corrected chi connectivity index (χ3v) is 6.82. The van der Waals surface area contributed by atoms with Crippen molar-refractivity contribution >= 4 is 11.0 Å². The molecule has 2 N–H and O–H groups in total. The van der Waals surface area contributed by atoms with Crippen LogP contribution < -0.4 is 5.32 Å². The Morgan fingerprint density at radius 3 is 2.57 bits per heavy atom. The Kier molecular flexibility index (Phi) is 5.13. The van der Waals surface area contributed by atoms with Crippen molar-refractivity contribution in [1.29, 1.82) is 0 Å². The van der Waals surface area contributed by atoms with E-state index in [4.69, 9.17) is 14.2 Å². The van der Waals surface area contributed by atoms with Gasteiger partial charge in [0.05, 0.1) is 28.9 Å². The summed E-state index contributed by atoms with van der Waals surface area (Å²) in [5.41, 5.74) is 5.16. The van der Waals surface area contributed by atoms with Gasteiger partial charge in [-0.15, -0.1) is 0 Å². The summed E-state index contributed by atoms with van der Waals surface area (Å²) in [6.07, 6.45) is 5.86. The van der Waals surface area contributed by atoms with Gasteiger partial charge in [-0.25, -0.2) is 4.98 Å². The molecule has 0 spiro atoms. The standard InChI is InChI=1S/C23H30N4O3/c1-13-22(14(2)30-26-13)15-4-10-20-19(12-15)25-23(18-9-11-21(28)24-18)27(20)16-5-7-17(29-3)8-6-16/h4,10,12,16-18,21,24,28H,5-9,11H2,1-3H3/t16-,17-,18-,21?/m0/s1. The quantitative estimate of drug-likeness (QED) is 0.671. The maximum absolute atomic E-state index is 10.1. The van der Waals surface area contributed by atoms with Crippen molar-refractivity contribution in [2.24, 2.45) is 0 Å². The number of fused-ring (bicyclic) bond motifs is 1. The molecule has 1 aliphatic heterocycles. The van der Waals surface area contributed by atoms with Gasteiger partial charge in [0.15, 0.2) is 0 Å². The van der Waals surface area contributed by atoms with Crippen LogP contribution >= 0.6 is 0 Å². The van der Waals surface area contributed by atoms with E-state index in [9.17, 15) is 5.11 Å². The molecule has 2 aliphatic rings. The monoisotopic (exact) mass is 410 g/mol. The van der Waals surface area contributed by atoms with Gasteiger partial charge in [0.1, 0.15) is 17.8 Å². The highest BCUT2D eigenvalue weighted by Gasteiger charge is 2.32. The van der Waals surface area contributed by atoms with E-state index < -0.39 is 6.23 Å². The summed E-state index contributed by atoms with van der Waals surface area (Å²) in [6, 6.07) is 6.96. The van der Waals surface area contributed by atoms with Gasteiger partial charge in [-0.2, -0.15) is 0 Å². The molecule has 3 aromatic rings. The number of hydrogen-bond donors (Lipinski definition) is 2. The first kappa shape index (κ1) is 19.7. The van der Waals surface area contributed by atoms with Crippen LogP contribution in [-0.2, 0) is 4.74 Å². The maximum atomic E-state index is 10.1. The number of aryl methyl sites for hydroxylation is 2. The van der Waals surface area contributed by atoms with Crippen LogP contribution in [0.1, 0.15) is 67.9 Å². The second-order valence-corrected chi connectivity index (χ2v) is 8.72. The Labute approximate surface area is 176 Å². The molecule has 0 bridgehead atoms. The summed E-state index contributed by atoms with van der Waals surface area (Å²) in [5.74, 6) is 1.86. The smallest absolute Gasteiger partial charge is 0.141 e. The normalized spacial score (nSPS) is 27.2. The molecule has 7 heteroatoms. The number of methoxy groups -OCH3 is 1. The van der Waals surface area contributed by atoms with E-state index in [1.54, 1.807) is 0 Å². The van der Waals surface area contributed by atoms with Crippen LogP contribution in [0.2, 0.25) is 0 Å². The summed E-state index contributed by atoms with van der Waals surface area (Å²) in [5, 5.41) is 17.5. The van der Waals surface area contributed by atoms with Gasteiger partial charge in [0.25, 0.3) is 0 Å². The number of hydrogen-bond acceptors (Lipinski definition) is 6. The van der Waals surface area contributed by atoms with Gasteiger partial charge in [-0.05, 0) is 70.1 Å². The molecule has 1 aliphatic carbocycles. The highest BCUT2D eigenvalue weighted by atomic mass is 16.5. The number of benzene rings is 1. The fourth-order valence-electron chi connectivity index (χ4n) is 5.26. The van der Waals surface area contributed by atoms with Crippen molar-refractivity contribution in [3.63, 3.8) is 0 Å². The van der Waals surface area contributed by atoms with Crippen molar-refractivity contribution < 1.29 is 14.4 Å². The predicted octanol–water partition coefficient (Wildman–Crippen LogP) is 4.18. The molecule has 7 nitrogen and oxygen atoms in total. The molecule has 1 saturated carbocycles. The number of aromatic nitrogens is 3. The van der Waals surface area contributed by atoms with Crippen LogP contribution in [0.4, 0.5) is 0 Å². The zero-order chi connectivity index (χ0) is 20.8. The van der Waals surface area contributed by atoms with Gasteiger partial charge in [-0.1, -0.05) is 11.2 Å². The number of nitrogens with one attached hydrogen (secondary N) is 1. The van der Waals surface area contributed by atoms with E-state index in [-0.39, 0.29) is 6.04 Å². The Bertz CT molecular complexity index is 1030. The van der Waals surface area contributed by atoms with Crippen molar-refractivity contribution in [2.75, 3.05) is 7.11 Å². The lowest BCUT2D eigenvalue weighted by molar-refractivity contribution is 0.0583. The molecule has 0 radical (unpaired) electrons. The molecule has 160 valence electrons. The van der Waals surface area contributed by atoms with Crippen molar-refractivity contribution in [1.82, 2.24) is 20.0 Å². The number of ether oxygens (including phenoxy) is 1. The van der Waals surface area contributed by atoms with E-state index in [0.29, 0.717) is 12.1 Å². The first-order valence-corrected chi connectivity index (χ1v) is 11.0. The Morgan fingerprint density at radius 1 is 1.13 bits per heavy atom. The molecule has 2 atom stereocenters. The summed E-state index contributed by atoms with van der Waals surface area (Å²) < 4.78 is 13.4. The zero-order valence-electron chi connectivity index (χ0n) is 17.9. The lowest BCUT2D eigenvalue weighted by Crippen LogP contribution is -2.28. The van der Waals surface area contributed by atoms with Gasteiger partial charge < -0.3 is 18.9 Å². The molecule has 5 rings (SSSR count). The number of imidazole rings is 1. The fraction of sp³-hybridized carbons (Fsp3) is 0.565. The minimum Gasteiger partial charge on any atom is -0.381 e. The first-order chi connectivity index (χ1) is 14.5. The second kappa shape index (κ2) is 7.80. The summed E-state index contributed by atoms with van der Waals surface area (Å²) >= 11 is 0. The van der Waals surface area contributed by atoms with E-state index in [0.717, 1.165) is 78.0 Å². The summed E-state index contributed by atoms with van der Waals surface area (Å²) in [6.45, 7) is 3.92. The van der Waals surface area contributed by atoms with Crippen LogP contribution in [0.15, 0.2) is 22.7 Å². The number of rotatable bonds is 4. The molecule has 1 aromatic carbocycles. The number of nitrogens with zero attached hydrogens (tertiary/aromatic N) is 3. The molecule has 30 heavy (non-hydrogen) atoms. The Hall–Kier alpha value is -2.22. The minimum atomic E-state index is -0.453. The largest absolute Gasteiger partial charge is 0.381 e. The van der Waals surface area contributed by atoms with Gasteiger partial charge in [0.2, 0.25) is 0 Å². The summed E-state index contributed by atoms with van der Waals surface area (Å²) in [7, 11) is 1.81. The predicted molar refractivity (Wildman–Crippen MR) is 114 cm³/mol. The summed E-state index contributed by atoms with van der Waals surface area (Å²) in [4.78, 5) is 5.08. The van der Waals surface area contributed by atoms with Crippen molar-refractivity contribution in [2.45, 2.75) is 76.8 Å². The van der Waals surface area contributed by atoms with E-state index in [1.165, 1.54) is 0 Å². The molecule has 1 unspecified atom stereocenters. The maximum Gasteiger partial charge on any atom is 0.141 e. The highest BCUT2D eigenvalue weighted by molar-refractivity contribution is 5.84. The lowest BCUT2D eigenvalue weighted by Gasteiger charge is -2.31. The number of aliphatic hydroxyl groups excluding tert-OH is 1. The number of aliphatic hydroxyl groups is 1. The average Bonchev–Trinajstić information content (AvgIpc) is 3.44. The molecule has 3 heterocycles. The molecule has 2 aromatic heterocycles. The molecule has 2 fully saturated rings. The van der Waals surface area contributed by atoms with Crippen LogP contribution in [-0.4, -0.2) is 39.3 Å². The van der Waals surface area contributed by atoms with Crippen molar-refractivity contribution in [3.05, 3.63) is 35.5 Å². The second-order valence-electron chi connectivity index (χ2n) is 8.72. The van der Waals surface area contributed by atoms with Crippen LogP contribution in [0, 0.1) is 13.8 Å². The van der Waals surface area contributed by atoms with Gasteiger partial charge >= 0.3 is 0 Å². The van der Waals surface area contributed by atoms with Crippen LogP contribution in [0.5, 0.6) is 0 Å². The van der Waals surface area contributed by atoms with E-state index in [2.05, 4.69) is 33.2 Å². The highest BCUT2D eigenvalue weighted by Crippen LogP contribution is 2.38. The molecule has 0 amide bonds. The van der Waals surface area contributed by atoms with Crippen LogP contribution in [0.3, 0.4) is 0 Å². The lowest BCUT2D eigenvalue weighted by atomic mass is 9.92. The van der Waals surface area contributed by atoms with Gasteiger partial charge in [0, 0.05) is 18.7 Å². The van der Waals surface area contributed by atoms with Crippen molar-refractivity contribution in [3.8, 4) is 11.1 Å². The van der Waals surface area contributed by atoms with E-state index in [1.807, 2.05) is 21.0 Å². The zero-order valence-corrected chi connectivity index (χ0v) is 17.9. The third kappa shape index (κ3) is 3.35. The topological polar surface area (TPSA) is 85.3 Å². The minimum absolute atomic E-state index is 0.0788. The van der Waals surface area contributed by atoms with Crippen LogP contribution in [0.25, 0.3) is 22.2 Å². The Morgan fingerprint density at radius 2 is 1.93 bits per heavy atom. The third-order valence-electron chi connectivity index (χ3n) is 6.82. The molecule has 1 saturated heterocycles. The molecular formula is C23H30N4O3. The first-order valence-electron chi connectivity index (χ1n) is 11.0.